The number of benzene rings is 1. The van der Waals surface area contributed by atoms with Gasteiger partial charge in [-0.15, -0.1) is 11.3 Å². The third-order valence-electron chi connectivity index (χ3n) is 2.77. The van der Waals surface area contributed by atoms with Gasteiger partial charge < -0.3 is 5.32 Å². The lowest BCUT2D eigenvalue weighted by atomic mass is 10.1. The van der Waals surface area contributed by atoms with Crippen LogP contribution in [-0.2, 0) is 6.42 Å². The van der Waals surface area contributed by atoms with Crippen molar-refractivity contribution in [3.63, 3.8) is 0 Å². The largest absolute Gasteiger partial charge is 0.310 e. The van der Waals surface area contributed by atoms with E-state index >= 15 is 0 Å². The van der Waals surface area contributed by atoms with Gasteiger partial charge in [0.05, 0.1) is 0 Å². The zero-order valence-corrected chi connectivity index (χ0v) is 12.2. The average molecular weight is 310 g/mol. The Morgan fingerprint density at radius 3 is 2.76 bits per heavy atom. The minimum atomic E-state index is 0.380. The van der Waals surface area contributed by atoms with Crippen molar-refractivity contribution in [3.8, 4) is 0 Å². The smallest absolute Gasteiger partial charge is 0.0303 e. The number of nitrogens with one attached hydrogen (secondary N) is 1. The lowest BCUT2D eigenvalue weighted by Crippen LogP contribution is -2.21. The molecule has 2 rings (SSSR count). The molecule has 0 fully saturated rings. The van der Waals surface area contributed by atoms with Crippen LogP contribution in [-0.4, -0.2) is 6.54 Å². The van der Waals surface area contributed by atoms with Crippen molar-refractivity contribution in [1.29, 1.82) is 0 Å². The quantitative estimate of drug-likeness (QED) is 0.863. The van der Waals surface area contributed by atoms with Crippen LogP contribution in [0.15, 0.2) is 46.3 Å². The van der Waals surface area contributed by atoms with Crippen molar-refractivity contribution < 1.29 is 0 Å². The molecule has 1 N–H and O–H groups in total. The second kappa shape index (κ2) is 6.34. The molecule has 3 heteroatoms. The molecule has 1 nitrogen and oxygen atoms in total. The summed E-state index contributed by atoms with van der Waals surface area (Å²) in [5, 5.41) is 5.69. The predicted molar refractivity (Wildman–Crippen MR) is 78.6 cm³/mol. The molecule has 1 heterocycles. The van der Waals surface area contributed by atoms with E-state index in [0.29, 0.717) is 6.04 Å². The van der Waals surface area contributed by atoms with Gasteiger partial charge in [0.2, 0.25) is 0 Å². The summed E-state index contributed by atoms with van der Waals surface area (Å²) in [4.78, 5) is 1.44. The Morgan fingerprint density at radius 2 is 2.06 bits per heavy atom. The van der Waals surface area contributed by atoms with Gasteiger partial charge in [0.15, 0.2) is 0 Å². The van der Waals surface area contributed by atoms with E-state index in [9.17, 15) is 0 Å². The molecule has 1 aromatic carbocycles. The second-order valence-electron chi connectivity index (χ2n) is 4.03. The van der Waals surface area contributed by atoms with Gasteiger partial charge in [-0.2, -0.15) is 0 Å². The highest BCUT2D eigenvalue weighted by atomic mass is 79.9. The van der Waals surface area contributed by atoms with Crippen LogP contribution in [0, 0.1) is 0 Å². The summed E-state index contributed by atoms with van der Waals surface area (Å²) in [7, 11) is 0. The van der Waals surface area contributed by atoms with Crippen molar-refractivity contribution in [1.82, 2.24) is 5.32 Å². The molecule has 0 saturated heterocycles. The number of halogens is 1. The molecule has 0 spiro atoms. The second-order valence-corrected chi connectivity index (χ2v) is 5.91. The molecule has 0 aliphatic rings. The van der Waals surface area contributed by atoms with Crippen LogP contribution in [0.2, 0.25) is 0 Å². The van der Waals surface area contributed by atoms with Gasteiger partial charge >= 0.3 is 0 Å². The summed E-state index contributed by atoms with van der Waals surface area (Å²) >= 11 is 5.41. The first-order chi connectivity index (χ1) is 8.27. The van der Waals surface area contributed by atoms with E-state index in [2.05, 4.69) is 63.9 Å². The molecule has 0 saturated carbocycles. The van der Waals surface area contributed by atoms with E-state index in [1.807, 2.05) is 17.4 Å². The molecule has 90 valence electrons. The number of hydrogen-bond acceptors (Lipinski definition) is 2. The minimum Gasteiger partial charge on any atom is -0.310 e. The first-order valence-corrected chi connectivity index (χ1v) is 7.45. The highest BCUT2D eigenvalue weighted by molar-refractivity contribution is 9.10. The summed E-state index contributed by atoms with van der Waals surface area (Å²) in [5.74, 6) is 0. The lowest BCUT2D eigenvalue weighted by Gasteiger charge is -2.15. The van der Waals surface area contributed by atoms with Crippen LogP contribution in [0.3, 0.4) is 0 Å². The van der Waals surface area contributed by atoms with Gasteiger partial charge in [-0.1, -0.05) is 40.2 Å². The highest BCUT2D eigenvalue weighted by Gasteiger charge is 2.07. The van der Waals surface area contributed by atoms with Crippen LogP contribution < -0.4 is 5.32 Å². The summed E-state index contributed by atoms with van der Waals surface area (Å²) in [6.07, 6.45) is 1.10. The van der Waals surface area contributed by atoms with Crippen LogP contribution in [0.1, 0.15) is 23.4 Å². The van der Waals surface area contributed by atoms with Crippen LogP contribution >= 0.6 is 27.3 Å². The molecule has 1 unspecified atom stereocenters. The zero-order valence-electron chi connectivity index (χ0n) is 9.82. The molecular weight excluding hydrogens is 294 g/mol. The van der Waals surface area contributed by atoms with E-state index in [0.717, 1.165) is 13.0 Å². The minimum absolute atomic E-state index is 0.380. The van der Waals surface area contributed by atoms with Gasteiger partial charge in [-0.3, -0.25) is 0 Å². The molecule has 0 aliphatic heterocycles. The first-order valence-electron chi connectivity index (χ1n) is 5.77. The third kappa shape index (κ3) is 3.66. The van der Waals surface area contributed by atoms with Crippen molar-refractivity contribution >= 4 is 27.3 Å². The summed E-state index contributed by atoms with van der Waals surface area (Å²) in [5.41, 5.74) is 1.32. The Labute approximate surface area is 115 Å². The Balaban J connectivity index is 1.85. The SMILES string of the molecule is CC(NCCc1cccs1)c1ccccc1Br. The Hall–Kier alpha value is -0.640. The van der Waals surface area contributed by atoms with Gasteiger partial charge in [0.25, 0.3) is 0 Å². The molecule has 17 heavy (non-hydrogen) atoms. The summed E-state index contributed by atoms with van der Waals surface area (Å²) in [6.45, 7) is 3.22. The molecular formula is C14H16BrNS. The molecule has 0 bridgehead atoms. The van der Waals surface area contributed by atoms with E-state index in [4.69, 9.17) is 0 Å². The number of hydrogen-bond donors (Lipinski definition) is 1. The Bertz CT molecular complexity index is 453. The molecule has 0 aliphatic carbocycles. The fourth-order valence-electron chi connectivity index (χ4n) is 1.80. The summed E-state index contributed by atoms with van der Waals surface area (Å²) in [6, 6.07) is 13.1. The summed E-state index contributed by atoms with van der Waals surface area (Å²) < 4.78 is 1.18. The molecule has 2 aromatic rings. The normalized spacial score (nSPS) is 12.6. The predicted octanol–water partition coefficient (Wildman–Crippen LogP) is 4.40. The van der Waals surface area contributed by atoms with E-state index in [1.165, 1.54) is 14.9 Å². The van der Waals surface area contributed by atoms with E-state index in [-0.39, 0.29) is 0 Å². The van der Waals surface area contributed by atoms with Gasteiger partial charge in [0, 0.05) is 21.9 Å². The standard InChI is InChI=1S/C14H16BrNS/c1-11(13-6-2-3-7-14(13)15)16-9-8-12-5-4-10-17-12/h2-7,10-11,16H,8-9H2,1H3. The fraction of sp³-hybridized carbons (Fsp3) is 0.286. The van der Waals surface area contributed by atoms with Crippen LogP contribution in [0.4, 0.5) is 0 Å². The first kappa shape index (κ1) is 12.8. The fourth-order valence-corrected chi connectivity index (χ4v) is 3.14. The number of thiophene rings is 1. The highest BCUT2D eigenvalue weighted by Crippen LogP contribution is 2.22. The lowest BCUT2D eigenvalue weighted by molar-refractivity contribution is 0.577. The van der Waals surface area contributed by atoms with Crippen molar-refractivity contribution in [2.24, 2.45) is 0 Å². The molecule has 0 radical (unpaired) electrons. The Kier molecular flexibility index (Phi) is 4.77. The van der Waals surface area contributed by atoms with Crippen molar-refractivity contribution in [2.45, 2.75) is 19.4 Å². The maximum atomic E-state index is 3.59. The maximum Gasteiger partial charge on any atom is 0.0303 e. The maximum absolute atomic E-state index is 3.59. The van der Waals surface area contributed by atoms with Crippen LogP contribution in [0.5, 0.6) is 0 Å². The molecule has 0 amide bonds. The van der Waals surface area contributed by atoms with Gasteiger partial charge in [-0.25, -0.2) is 0 Å². The Morgan fingerprint density at radius 1 is 1.24 bits per heavy atom. The van der Waals surface area contributed by atoms with Crippen molar-refractivity contribution in [2.75, 3.05) is 6.54 Å². The zero-order chi connectivity index (χ0) is 12.1. The molecule has 1 aromatic heterocycles. The topological polar surface area (TPSA) is 12.0 Å². The number of rotatable bonds is 5. The van der Waals surface area contributed by atoms with E-state index < -0.39 is 0 Å². The van der Waals surface area contributed by atoms with Crippen LogP contribution in [0.25, 0.3) is 0 Å². The van der Waals surface area contributed by atoms with Gasteiger partial charge in [0.1, 0.15) is 0 Å². The monoisotopic (exact) mass is 309 g/mol. The molecule has 1 atom stereocenters. The average Bonchev–Trinajstić information content (AvgIpc) is 2.82. The van der Waals surface area contributed by atoms with Crippen molar-refractivity contribution in [3.05, 3.63) is 56.7 Å². The van der Waals surface area contributed by atoms with E-state index in [1.54, 1.807) is 0 Å². The third-order valence-corrected chi connectivity index (χ3v) is 4.43. The van der Waals surface area contributed by atoms with Gasteiger partial charge in [-0.05, 0) is 36.4 Å².